The van der Waals surface area contributed by atoms with E-state index in [0.717, 1.165) is 33.8 Å². The summed E-state index contributed by atoms with van der Waals surface area (Å²) in [5.41, 5.74) is 3.43. The van der Waals surface area contributed by atoms with Crippen molar-refractivity contribution in [3.8, 4) is 34.3 Å². The number of hydrogen-bond acceptors (Lipinski definition) is 5. The summed E-state index contributed by atoms with van der Waals surface area (Å²) in [5, 5.41) is 20.7. The lowest BCUT2D eigenvalue weighted by Gasteiger charge is -2.05. The van der Waals surface area contributed by atoms with Crippen LogP contribution >= 0.6 is 0 Å². The second-order valence-corrected chi connectivity index (χ2v) is 6.97. The number of phenols is 2. The first kappa shape index (κ1) is 17.9. The van der Waals surface area contributed by atoms with Gasteiger partial charge in [-0.25, -0.2) is 0 Å². The molecular formula is C24H17NO5. The average Bonchev–Trinajstić information content (AvgIpc) is 3.26. The fourth-order valence-electron chi connectivity index (χ4n) is 3.73. The lowest BCUT2D eigenvalue weighted by Crippen LogP contribution is -1.98. The van der Waals surface area contributed by atoms with Crippen LogP contribution in [0.2, 0.25) is 0 Å². The van der Waals surface area contributed by atoms with Gasteiger partial charge in [0.2, 0.25) is 5.78 Å². The van der Waals surface area contributed by atoms with Gasteiger partial charge < -0.3 is 24.7 Å². The number of allylic oxidation sites excluding steroid dienone is 1. The molecule has 0 radical (unpaired) electrons. The molecule has 0 bridgehead atoms. The Balaban J connectivity index is 1.70. The van der Waals surface area contributed by atoms with Crippen molar-refractivity contribution in [3.05, 3.63) is 77.5 Å². The highest BCUT2D eigenvalue weighted by Gasteiger charge is 2.32. The quantitative estimate of drug-likeness (QED) is 0.428. The minimum Gasteiger partial charge on any atom is -0.508 e. The average molecular weight is 399 g/mol. The summed E-state index contributed by atoms with van der Waals surface area (Å²) in [6.07, 6.45) is 1.66. The molecule has 0 unspecified atom stereocenters. The maximum Gasteiger partial charge on any atom is 0.235 e. The Labute approximate surface area is 171 Å². The highest BCUT2D eigenvalue weighted by Crippen LogP contribution is 2.42. The Hall–Kier alpha value is -4.19. The second-order valence-electron chi connectivity index (χ2n) is 6.97. The Morgan fingerprint density at radius 1 is 1.03 bits per heavy atom. The van der Waals surface area contributed by atoms with Crippen molar-refractivity contribution in [3.63, 3.8) is 0 Å². The molecule has 1 aliphatic rings. The number of rotatable bonds is 3. The van der Waals surface area contributed by atoms with Crippen LogP contribution in [0, 0.1) is 0 Å². The number of aromatic nitrogens is 1. The zero-order valence-corrected chi connectivity index (χ0v) is 16.0. The van der Waals surface area contributed by atoms with E-state index in [1.54, 1.807) is 13.2 Å². The number of Topliss-reactive ketones (excluding diaryl/α,β-unsaturated/α-hetero) is 1. The predicted molar refractivity (Wildman–Crippen MR) is 113 cm³/mol. The van der Waals surface area contributed by atoms with E-state index < -0.39 is 5.78 Å². The molecule has 3 N–H and O–H groups in total. The number of ketones is 1. The van der Waals surface area contributed by atoms with Crippen LogP contribution in [-0.2, 0) is 0 Å². The van der Waals surface area contributed by atoms with Crippen molar-refractivity contribution in [1.29, 1.82) is 0 Å². The van der Waals surface area contributed by atoms with Gasteiger partial charge in [0.25, 0.3) is 0 Å². The molecule has 1 aliphatic heterocycles. The molecule has 5 rings (SSSR count). The molecule has 4 aromatic rings. The normalized spacial score (nSPS) is 14.2. The lowest BCUT2D eigenvalue weighted by atomic mass is 10.0. The van der Waals surface area contributed by atoms with Crippen molar-refractivity contribution in [2.75, 3.05) is 7.11 Å². The largest absolute Gasteiger partial charge is 0.508 e. The number of fused-ring (bicyclic) bond motifs is 2. The number of carbonyl (C=O) groups excluding carboxylic acids is 1. The third-order valence-corrected chi connectivity index (χ3v) is 5.12. The van der Waals surface area contributed by atoms with E-state index in [2.05, 4.69) is 4.98 Å². The van der Waals surface area contributed by atoms with Gasteiger partial charge in [0.05, 0.1) is 12.8 Å². The van der Waals surface area contributed by atoms with E-state index in [9.17, 15) is 15.0 Å². The van der Waals surface area contributed by atoms with Gasteiger partial charge in [0.15, 0.2) is 5.76 Å². The maximum atomic E-state index is 12.9. The zero-order chi connectivity index (χ0) is 20.8. The number of phenolic OH excluding ortho intramolecular Hbond substituents is 2. The summed E-state index contributed by atoms with van der Waals surface area (Å²) >= 11 is 0. The van der Waals surface area contributed by atoms with Gasteiger partial charge in [0, 0.05) is 34.2 Å². The first-order valence-electron chi connectivity index (χ1n) is 9.30. The maximum absolute atomic E-state index is 12.9. The van der Waals surface area contributed by atoms with Crippen molar-refractivity contribution in [1.82, 2.24) is 4.98 Å². The van der Waals surface area contributed by atoms with Gasteiger partial charge in [0.1, 0.15) is 28.6 Å². The second kappa shape index (κ2) is 6.70. The molecule has 2 heterocycles. The molecule has 0 saturated heterocycles. The van der Waals surface area contributed by atoms with Crippen LogP contribution in [0.4, 0.5) is 0 Å². The van der Waals surface area contributed by atoms with Crippen LogP contribution in [-0.4, -0.2) is 28.1 Å². The van der Waals surface area contributed by atoms with E-state index in [0.29, 0.717) is 5.75 Å². The van der Waals surface area contributed by atoms with Crippen molar-refractivity contribution in [2.24, 2.45) is 0 Å². The van der Waals surface area contributed by atoms with Gasteiger partial charge in [-0.3, -0.25) is 4.79 Å². The highest BCUT2D eigenvalue weighted by molar-refractivity contribution is 6.17. The Morgan fingerprint density at radius 2 is 1.87 bits per heavy atom. The number of benzene rings is 3. The van der Waals surface area contributed by atoms with Crippen molar-refractivity contribution >= 4 is 22.8 Å². The summed E-state index contributed by atoms with van der Waals surface area (Å²) in [5.74, 6) is -0.0174. The van der Waals surface area contributed by atoms with Crippen LogP contribution in [0.3, 0.4) is 0 Å². The van der Waals surface area contributed by atoms with Gasteiger partial charge in [-0.05, 0) is 24.3 Å². The molecule has 0 fully saturated rings. The molecule has 1 aromatic heterocycles. The highest BCUT2D eigenvalue weighted by atomic mass is 16.5. The van der Waals surface area contributed by atoms with Gasteiger partial charge >= 0.3 is 0 Å². The number of H-pyrrole nitrogens is 1. The zero-order valence-electron chi connectivity index (χ0n) is 16.0. The summed E-state index contributed by atoms with van der Waals surface area (Å²) in [4.78, 5) is 16.3. The molecule has 0 aliphatic carbocycles. The molecule has 30 heavy (non-hydrogen) atoms. The molecule has 6 heteroatoms. The summed E-state index contributed by atoms with van der Waals surface area (Å²) in [6.45, 7) is 0. The Bertz CT molecular complexity index is 1350. The van der Waals surface area contributed by atoms with Crippen LogP contribution in [0.25, 0.3) is 28.2 Å². The molecule has 6 nitrogen and oxygen atoms in total. The van der Waals surface area contributed by atoms with Crippen LogP contribution < -0.4 is 9.47 Å². The van der Waals surface area contributed by atoms with E-state index in [1.807, 2.05) is 48.5 Å². The molecular weight excluding hydrogens is 382 g/mol. The number of nitrogens with one attached hydrogen (secondary N) is 1. The molecule has 0 saturated carbocycles. The summed E-state index contributed by atoms with van der Waals surface area (Å²) < 4.78 is 11.0. The first-order valence-corrected chi connectivity index (χ1v) is 9.30. The third-order valence-electron chi connectivity index (χ3n) is 5.12. The van der Waals surface area contributed by atoms with Crippen LogP contribution in [0.1, 0.15) is 15.9 Å². The smallest absolute Gasteiger partial charge is 0.235 e. The fourth-order valence-corrected chi connectivity index (χ4v) is 3.73. The fraction of sp³-hybridized carbons (Fsp3) is 0.0417. The van der Waals surface area contributed by atoms with Crippen LogP contribution in [0.15, 0.2) is 66.4 Å². The summed E-state index contributed by atoms with van der Waals surface area (Å²) in [7, 11) is 1.61. The molecule has 0 atom stereocenters. The molecule has 0 spiro atoms. The number of hydrogen-bond donors (Lipinski definition) is 3. The van der Waals surface area contributed by atoms with Crippen molar-refractivity contribution < 1.29 is 24.5 Å². The number of aromatic amines is 1. The number of carbonyl (C=O) groups is 1. The number of methoxy groups -OCH3 is 1. The van der Waals surface area contributed by atoms with Gasteiger partial charge in [-0.15, -0.1) is 0 Å². The standard InChI is InChI=1S/C24H17NO5/c1-29-15-6-4-5-13(9-15)23-17(16-7-2-3-8-18(16)25-23)12-21-24(28)22-19(27)10-14(26)11-20(22)30-21/h2-12,25-27H,1H3. The van der Waals surface area contributed by atoms with E-state index in [4.69, 9.17) is 9.47 Å². The number of ether oxygens (including phenoxy) is 2. The minimum absolute atomic E-state index is 0.0434. The molecule has 148 valence electrons. The van der Waals surface area contributed by atoms with Crippen LogP contribution in [0.5, 0.6) is 23.0 Å². The topological polar surface area (TPSA) is 91.8 Å². The molecule has 3 aromatic carbocycles. The van der Waals surface area contributed by atoms with E-state index >= 15 is 0 Å². The summed E-state index contributed by atoms with van der Waals surface area (Å²) in [6, 6.07) is 17.8. The number of para-hydroxylation sites is 1. The number of aromatic hydroxyl groups is 2. The Morgan fingerprint density at radius 3 is 2.70 bits per heavy atom. The van der Waals surface area contributed by atoms with Gasteiger partial charge in [-0.1, -0.05) is 30.3 Å². The first-order chi connectivity index (χ1) is 14.5. The Kier molecular flexibility index (Phi) is 3.99. The minimum atomic E-state index is -0.440. The SMILES string of the molecule is COc1cccc(-c2[nH]c3ccccc3c2C=C2Oc3cc(O)cc(O)c3C2=O)c1. The predicted octanol–water partition coefficient (Wildman–Crippen LogP) is 4.87. The van der Waals surface area contributed by atoms with Gasteiger partial charge in [-0.2, -0.15) is 0 Å². The van der Waals surface area contributed by atoms with E-state index in [1.165, 1.54) is 6.07 Å². The monoisotopic (exact) mass is 399 g/mol. The molecule has 0 amide bonds. The van der Waals surface area contributed by atoms with Crippen molar-refractivity contribution in [2.45, 2.75) is 0 Å². The lowest BCUT2D eigenvalue weighted by molar-refractivity contribution is 0.101. The third kappa shape index (κ3) is 2.78. The van der Waals surface area contributed by atoms with E-state index in [-0.39, 0.29) is 28.6 Å².